The topological polar surface area (TPSA) is 46.5 Å². The highest BCUT2D eigenvalue weighted by atomic mass is 16.5. The lowest BCUT2D eigenvalue weighted by molar-refractivity contribution is -0.115. The Kier molecular flexibility index (Phi) is 4.84. The Bertz CT molecular complexity index is 221. The molecule has 0 aliphatic heterocycles. The van der Waals surface area contributed by atoms with Gasteiger partial charge in [0.25, 0.3) is 0 Å². The lowest BCUT2D eigenvalue weighted by atomic mass is 10.1. The van der Waals surface area contributed by atoms with Crippen LogP contribution in [0.1, 0.15) is 32.1 Å². The van der Waals surface area contributed by atoms with Crippen LogP contribution >= 0.6 is 0 Å². The van der Waals surface area contributed by atoms with E-state index < -0.39 is 6.10 Å². The van der Waals surface area contributed by atoms with E-state index in [1.807, 2.05) is 0 Å². The molecule has 3 heteroatoms. The molecule has 0 saturated heterocycles. The third kappa shape index (κ3) is 3.60. The molecule has 0 bridgehead atoms. The Hall–Kier alpha value is -0.670. The predicted molar refractivity (Wildman–Crippen MR) is 54.1 cm³/mol. The molecule has 0 amide bonds. The molecule has 1 aliphatic rings. The van der Waals surface area contributed by atoms with Gasteiger partial charge in [-0.2, -0.15) is 0 Å². The molecular weight excluding hydrogens is 180 g/mol. The van der Waals surface area contributed by atoms with Crippen molar-refractivity contribution in [3.8, 4) is 0 Å². The van der Waals surface area contributed by atoms with Gasteiger partial charge >= 0.3 is 0 Å². The van der Waals surface area contributed by atoms with Crippen molar-refractivity contribution < 1.29 is 14.6 Å². The second-order valence-corrected chi connectivity index (χ2v) is 3.69. The summed E-state index contributed by atoms with van der Waals surface area (Å²) >= 11 is 0. The minimum Gasteiger partial charge on any atom is -0.389 e. The number of aliphatic hydroxyl groups excluding tert-OH is 1. The quantitative estimate of drug-likeness (QED) is 0.657. The average molecular weight is 198 g/mol. The maximum atomic E-state index is 11.3. The zero-order chi connectivity index (χ0) is 10.4. The van der Waals surface area contributed by atoms with Crippen LogP contribution in [-0.2, 0) is 9.53 Å². The molecule has 0 radical (unpaired) electrons. The summed E-state index contributed by atoms with van der Waals surface area (Å²) in [6, 6.07) is 0. The van der Waals surface area contributed by atoms with Crippen molar-refractivity contribution in [3.63, 3.8) is 0 Å². The summed E-state index contributed by atoms with van der Waals surface area (Å²) in [5.41, 5.74) is 0.815. The fraction of sp³-hybridized carbons (Fsp3) is 0.727. The van der Waals surface area contributed by atoms with Gasteiger partial charge < -0.3 is 9.84 Å². The van der Waals surface area contributed by atoms with E-state index in [9.17, 15) is 9.90 Å². The number of hydrogen-bond acceptors (Lipinski definition) is 3. The van der Waals surface area contributed by atoms with Crippen LogP contribution in [0, 0.1) is 0 Å². The van der Waals surface area contributed by atoms with Gasteiger partial charge in [0.05, 0.1) is 6.10 Å². The summed E-state index contributed by atoms with van der Waals surface area (Å²) in [5, 5.41) is 9.19. The number of aliphatic hydroxyl groups is 1. The van der Waals surface area contributed by atoms with Gasteiger partial charge in [-0.15, -0.1) is 0 Å². The van der Waals surface area contributed by atoms with E-state index in [1.165, 1.54) is 0 Å². The van der Waals surface area contributed by atoms with Gasteiger partial charge in [-0.1, -0.05) is 6.42 Å². The average Bonchev–Trinajstić information content (AvgIpc) is 2.45. The van der Waals surface area contributed by atoms with Crippen LogP contribution in [0.4, 0.5) is 0 Å². The molecule has 0 fully saturated rings. The van der Waals surface area contributed by atoms with Gasteiger partial charge in [0, 0.05) is 20.1 Å². The minimum atomic E-state index is -0.531. The monoisotopic (exact) mass is 198 g/mol. The molecule has 0 heterocycles. The Morgan fingerprint density at radius 3 is 2.86 bits per heavy atom. The maximum Gasteiger partial charge on any atom is 0.161 e. The van der Waals surface area contributed by atoms with E-state index in [-0.39, 0.29) is 12.2 Å². The highest BCUT2D eigenvalue weighted by Gasteiger charge is 2.20. The lowest BCUT2D eigenvalue weighted by Gasteiger charge is -2.00. The van der Waals surface area contributed by atoms with Crippen molar-refractivity contribution in [1.82, 2.24) is 0 Å². The van der Waals surface area contributed by atoms with Gasteiger partial charge in [-0.25, -0.2) is 0 Å². The van der Waals surface area contributed by atoms with Crippen molar-refractivity contribution in [1.29, 1.82) is 0 Å². The normalized spacial score (nSPS) is 21.4. The third-order valence-corrected chi connectivity index (χ3v) is 2.44. The molecule has 3 nitrogen and oxygen atoms in total. The molecule has 1 aliphatic carbocycles. The molecule has 0 aromatic rings. The molecule has 0 saturated carbocycles. The number of allylic oxidation sites excluding steroid dienone is 1. The van der Waals surface area contributed by atoms with Gasteiger partial charge in [0.2, 0.25) is 0 Å². The summed E-state index contributed by atoms with van der Waals surface area (Å²) in [6.07, 6.45) is 5.38. The maximum absolute atomic E-state index is 11.3. The Balaban J connectivity index is 2.12. The molecule has 1 rings (SSSR count). The number of carbonyl (C=O) groups excluding carboxylic acids is 1. The number of ether oxygens (including phenoxy) is 1. The van der Waals surface area contributed by atoms with E-state index in [1.54, 1.807) is 13.2 Å². The highest BCUT2D eigenvalue weighted by Crippen LogP contribution is 2.20. The van der Waals surface area contributed by atoms with Crippen LogP contribution in [0.25, 0.3) is 0 Å². The number of ketones is 1. The molecule has 0 spiro atoms. The molecular formula is C11H18O3. The van der Waals surface area contributed by atoms with Crippen LogP contribution in [0.15, 0.2) is 11.6 Å². The summed E-state index contributed by atoms with van der Waals surface area (Å²) in [7, 11) is 1.69. The second-order valence-electron chi connectivity index (χ2n) is 3.69. The SMILES string of the molecule is COCCCCCC1=CC(O)CC1=O. The molecule has 14 heavy (non-hydrogen) atoms. The fourth-order valence-electron chi connectivity index (χ4n) is 1.67. The summed E-state index contributed by atoms with van der Waals surface area (Å²) in [6.45, 7) is 0.787. The molecule has 1 N–H and O–H groups in total. The number of rotatable bonds is 6. The van der Waals surface area contributed by atoms with Crippen molar-refractivity contribution >= 4 is 5.78 Å². The van der Waals surface area contributed by atoms with E-state index in [0.29, 0.717) is 0 Å². The molecule has 1 unspecified atom stereocenters. The zero-order valence-corrected chi connectivity index (χ0v) is 8.66. The number of methoxy groups -OCH3 is 1. The van der Waals surface area contributed by atoms with Crippen LogP contribution in [0.5, 0.6) is 0 Å². The van der Waals surface area contributed by atoms with Crippen molar-refractivity contribution in [2.45, 2.75) is 38.2 Å². The smallest absolute Gasteiger partial charge is 0.161 e. The number of Topliss-reactive ketones (excluding diaryl/α,β-unsaturated/α-hetero) is 1. The lowest BCUT2D eigenvalue weighted by Crippen LogP contribution is -2.01. The Morgan fingerprint density at radius 2 is 2.29 bits per heavy atom. The van der Waals surface area contributed by atoms with Crippen LogP contribution in [0.2, 0.25) is 0 Å². The summed E-state index contributed by atoms with van der Waals surface area (Å²) in [5.74, 6) is 0.115. The van der Waals surface area contributed by atoms with Crippen LogP contribution in [-0.4, -0.2) is 30.7 Å². The highest BCUT2D eigenvalue weighted by molar-refractivity contribution is 5.98. The van der Waals surface area contributed by atoms with Crippen molar-refractivity contribution in [3.05, 3.63) is 11.6 Å². The second kappa shape index (κ2) is 5.94. The first-order valence-electron chi connectivity index (χ1n) is 5.15. The van der Waals surface area contributed by atoms with Gasteiger partial charge in [0.1, 0.15) is 0 Å². The van der Waals surface area contributed by atoms with E-state index in [0.717, 1.165) is 37.9 Å². The van der Waals surface area contributed by atoms with Gasteiger partial charge in [-0.05, 0) is 30.9 Å². The van der Waals surface area contributed by atoms with Crippen molar-refractivity contribution in [2.75, 3.05) is 13.7 Å². The summed E-state index contributed by atoms with van der Waals surface area (Å²) in [4.78, 5) is 11.3. The molecule has 80 valence electrons. The minimum absolute atomic E-state index is 0.115. The van der Waals surface area contributed by atoms with Crippen LogP contribution < -0.4 is 0 Å². The van der Waals surface area contributed by atoms with E-state index in [2.05, 4.69) is 0 Å². The van der Waals surface area contributed by atoms with E-state index >= 15 is 0 Å². The Labute approximate surface area is 84.8 Å². The largest absolute Gasteiger partial charge is 0.389 e. The molecule has 0 aromatic heterocycles. The Morgan fingerprint density at radius 1 is 1.50 bits per heavy atom. The predicted octanol–water partition coefficient (Wildman–Crippen LogP) is 1.45. The van der Waals surface area contributed by atoms with Gasteiger partial charge in [-0.3, -0.25) is 4.79 Å². The third-order valence-electron chi connectivity index (χ3n) is 2.44. The van der Waals surface area contributed by atoms with E-state index in [4.69, 9.17) is 4.74 Å². The number of carbonyl (C=O) groups is 1. The fourth-order valence-corrected chi connectivity index (χ4v) is 1.67. The zero-order valence-electron chi connectivity index (χ0n) is 8.66. The van der Waals surface area contributed by atoms with Crippen LogP contribution in [0.3, 0.4) is 0 Å². The first-order valence-corrected chi connectivity index (χ1v) is 5.15. The van der Waals surface area contributed by atoms with Crippen molar-refractivity contribution in [2.24, 2.45) is 0 Å². The molecule has 1 atom stereocenters. The van der Waals surface area contributed by atoms with Gasteiger partial charge in [0.15, 0.2) is 5.78 Å². The number of unbranched alkanes of at least 4 members (excludes halogenated alkanes) is 2. The first kappa shape index (κ1) is 11.4. The standard InChI is InChI=1S/C11H18O3/c1-14-6-4-2-3-5-9-7-10(12)8-11(9)13/h7,10,12H,2-6,8H2,1H3. The molecule has 0 aromatic carbocycles. The number of hydrogen-bond donors (Lipinski definition) is 1. The first-order chi connectivity index (χ1) is 6.74. The summed E-state index contributed by atoms with van der Waals surface area (Å²) < 4.78 is 4.93.